The first kappa shape index (κ1) is 12.5. The van der Waals surface area contributed by atoms with Crippen LogP contribution in [0.1, 0.15) is 28.2 Å². The average molecular weight is 262 g/mol. The molecule has 0 radical (unpaired) electrons. The summed E-state index contributed by atoms with van der Waals surface area (Å²) in [6.45, 7) is 2.55. The number of amides is 1. The number of nitrogens with two attached hydrogens (primary N) is 1. The van der Waals surface area contributed by atoms with E-state index in [1.165, 1.54) is 0 Å². The Morgan fingerprint density at radius 2 is 2.33 bits per heavy atom. The predicted molar refractivity (Wildman–Crippen MR) is 71.5 cm³/mol. The van der Waals surface area contributed by atoms with Crippen LogP contribution in [0.25, 0.3) is 0 Å². The average Bonchev–Trinajstić information content (AvgIpc) is 2.90. The summed E-state index contributed by atoms with van der Waals surface area (Å²) < 4.78 is 0. The van der Waals surface area contributed by atoms with E-state index < -0.39 is 0 Å². The number of carbonyl (C=O) groups is 1. The number of rotatable bonds is 4. The quantitative estimate of drug-likeness (QED) is 0.878. The minimum absolute atomic E-state index is 0.187. The van der Waals surface area contributed by atoms with E-state index in [0.717, 1.165) is 5.01 Å². The number of nitrogen functional groups attached to an aromatic ring is 1. The van der Waals surface area contributed by atoms with E-state index in [4.69, 9.17) is 5.73 Å². The monoisotopic (exact) mass is 262 g/mol. The van der Waals surface area contributed by atoms with E-state index in [0.29, 0.717) is 12.1 Å². The highest BCUT2D eigenvalue weighted by atomic mass is 32.1. The maximum atomic E-state index is 11.9. The molecule has 2 heterocycles. The Morgan fingerprint density at radius 1 is 1.50 bits per heavy atom. The van der Waals surface area contributed by atoms with Gasteiger partial charge in [-0.25, -0.2) is 9.97 Å². The Kier molecular flexibility index (Phi) is 3.88. The number of nitrogens with zero attached hydrogens (tertiary/aromatic N) is 2. The molecule has 0 fully saturated rings. The number of carbonyl (C=O) groups excluding carboxylic acids is 1. The van der Waals surface area contributed by atoms with Crippen molar-refractivity contribution >= 4 is 23.1 Å². The molecule has 6 heteroatoms. The molecule has 3 N–H and O–H groups in total. The van der Waals surface area contributed by atoms with Gasteiger partial charge in [-0.05, 0) is 12.1 Å². The van der Waals surface area contributed by atoms with Crippen molar-refractivity contribution in [2.45, 2.75) is 12.8 Å². The van der Waals surface area contributed by atoms with Crippen molar-refractivity contribution < 1.29 is 4.79 Å². The molecule has 2 aromatic rings. The number of nitrogens with one attached hydrogen (secondary N) is 1. The molecular formula is C12H14N4OS. The van der Waals surface area contributed by atoms with Crippen LogP contribution >= 0.6 is 11.3 Å². The third kappa shape index (κ3) is 2.84. The molecule has 0 bridgehead atoms. The third-order valence-corrected chi connectivity index (χ3v) is 3.53. The zero-order valence-corrected chi connectivity index (χ0v) is 10.8. The molecule has 0 aliphatic rings. The smallest absolute Gasteiger partial charge is 0.255 e. The van der Waals surface area contributed by atoms with Crippen LogP contribution < -0.4 is 11.1 Å². The van der Waals surface area contributed by atoms with Crippen LogP contribution in [-0.4, -0.2) is 22.4 Å². The van der Waals surface area contributed by atoms with Crippen molar-refractivity contribution in [3.63, 3.8) is 0 Å². The highest BCUT2D eigenvalue weighted by Gasteiger charge is 2.13. The van der Waals surface area contributed by atoms with E-state index >= 15 is 0 Å². The van der Waals surface area contributed by atoms with Crippen LogP contribution in [0, 0.1) is 0 Å². The van der Waals surface area contributed by atoms with Gasteiger partial charge in [-0.2, -0.15) is 0 Å². The molecule has 2 aromatic heterocycles. The lowest BCUT2D eigenvalue weighted by Gasteiger charge is -2.10. The van der Waals surface area contributed by atoms with Crippen molar-refractivity contribution in [2.75, 3.05) is 12.3 Å². The van der Waals surface area contributed by atoms with Gasteiger partial charge in [0.1, 0.15) is 5.82 Å². The van der Waals surface area contributed by atoms with Crippen LogP contribution in [0.5, 0.6) is 0 Å². The van der Waals surface area contributed by atoms with Crippen molar-refractivity contribution in [1.29, 1.82) is 0 Å². The Labute approximate surface area is 109 Å². The van der Waals surface area contributed by atoms with Gasteiger partial charge in [0.05, 0.1) is 10.6 Å². The molecule has 0 aromatic carbocycles. The van der Waals surface area contributed by atoms with E-state index in [9.17, 15) is 4.79 Å². The van der Waals surface area contributed by atoms with Gasteiger partial charge >= 0.3 is 0 Å². The molecule has 0 saturated carbocycles. The van der Waals surface area contributed by atoms with Crippen molar-refractivity contribution in [3.05, 3.63) is 40.5 Å². The fourth-order valence-corrected chi connectivity index (χ4v) is 2.21. The Bertz CT molecular complexity index is 527. The second-order valence-corrected chi connectivity index (χ2v) is 4.84. The summed E-state index contributed by atoms with van der Waals surface area (Å²) in [5.74, 6) is 0.229. The standard InChI is InChI=1S/C12H14N4OS/c1-8(12-15-5-6-18-12)7-16-11(17)9-3-2-4-14-10(9)13/h2-6,8H,7H2,1H3,(H2,13,14)(H,16,17). The van der Waals surface area contributed by atoms with Crippen LogP contribution in [0.2, 0.25) is 0 Å². The molecule has 1 unspecified atom stereocenters. The molecule has 2 rings (SSSR count). The maximum absolute atomic E-state index is 11.9. The first-order valence-corrected chi connectivity index (χ1v) is 6.44. The second-order valence-electron chi connectivity index (χ2n) is 3.92. The number of thiazole rings is 1. The molecule has 0 aliphatic heterocycles. The molecule has 0 spiro atoms. The lowest BCUT2D eigenvalue weighted by Crippen LogP contribution is -2.28. The van der Waals surface area contributed by atoms with Crippen LogP contribution in [0.3, 0.4) is 0 Å². The summed E-state index contributed by atoms with van der Waals surface area (Å²) in [6, 6.07) is 3.35. The summed E-state index contributed by atoms with van der Waals surface area (Å²) >= 11 is 1.58. The molecule has 18 heavy (non-hydrogen) atoms. The van der Waals surface area contributed by atoms with E-state index in [-0.39, 0.29) is 17.6 Å². The Morgan fingerprint density at radius 3 is 3.00 bits per heavy atom. The number of hydrogen-bond donors (Lipinski definition) is 2. The Balaban J connectivity index is 1.95. The molecule has 5 nitrogen and oxygen atoms in total. The summed E-state index contributed by atoms with van der Waals surface area (Å²) in [6.07, 6.45) is 3.32. The van der Waals surface area contributed by atoms with Gasteiger partial charge in [0, 0.05) is 30.2 Å². The highest BCUT2D eigenvalue weighted by Crippen LogP contribution is 2.16. The van der Waals surface area contributed by atoms with Gasteiger partial charge in [0.2, 0.25) is 0 Å². The molecular weight excluding hydrogens is 248 g/mol. The lowest BCUT2D eigenvalue weighted by atomic mass is 10.2. The van der Waals surface area contributed by atoms with E-state index in [2.05, 4.69) is 15.3 Å². The zero-order chi connectivity index (χ0) is 13.0. The van der Waals surface area contributed by atoms with Crippen LogP contribution in [0.15, 0.2) is 29.9 Å². The molecule has 1 atom stereocenters. The van der Waals surface area contributed by atoms with Gasteiger partial charge in [0.25, 0.3) is 5.91 Å². The SMILES string of the molecule is CC(CNC(=O)c1cccnc1N)c1nccs1. The minimum Gasteiger partial charge on any atom is -0.383 e. The minimum atomic E-state index is -0.205. The van der Waals surface area contributed by atoms with Gasteiger partial charge < -0.3 is 11.1 Å². The normalized spacial score (nSPS) is 12.1. The Hall–Kier alpha value is -1.95. The molecule has 94 valence electrons. The number of hydrogen-bond acceptors (Lipinski definition) is 5. The molecule has 0 saturated heterocycles. The lowest BCUT2D eigenvalue weighted by molar-refractivity contribution is 0.0952. The zero-order valence-electron chi connectivity index (χ0n) is 9.96. The largest absolute Gasteiger partial charge is 0.383 e. The maximum Gasteiger partial charge on any atom is 0.255 e. The van der Waals surface area contributed by atoms with Crippen LogP contribution in [0.4, 0.5) is 5.82 Å². The fraction of sp³-hybridized carbons (Fsp3) is 0.250. The number of aromatic nitrogens is 2. The van der Waals surface area contributed by atoms with E-state index in [1.807, 2.05) is 12.3 Å². The van der Waals surface area contributed by atoms with Crippen molar-refractivity contribution in [3.8, 4) is 0 Å². The number of pyridine rings is 1. The van der Waals surface area contributed by atoms with Gasteiger partial charge in [0.15, 0.2) is 0 Å². The summed E-state index contributed by atoms with van der Waals surface area (Å²) in [7, 11) is 0. The second kappa shape index (κ2) is 5.59. The first-order valence-electron chi connectivity index (χ1n) is 5.56. The fourth-order valence-electron chi connectivity index (χ4n) is 1.52. The summed E-state index contributed by atoms with van der Waals surface area (Å²) in [5, 5.41) is 5.77. The highest BCUT2D eigenvalue weighted by molar-refractivity contribution is 7.09. The molecule has 0 aliphatic carbocycles. The summed E-state index contributed by atoms with van der Waals surface area (Å²) in [5.41, 5.74) is 6.05. The van der Waals surface area contributed by atoms with E-state index in [1.54, 1.807) is 35.9 Å². The van der Waals surface area contributed by atoms with Crippen LogP contribution in [-0.2, 0) is 0 Å². The topological polar surface area (TPSA) is 80.9 Å². The van der Waals surface area contributed by atoms with Gasteiger partial charge in [-0.3, -0.25) is 4.79 Å². The molecule has 1 amide bonds. The predicted octanol–water partition coefficient (Wildman–Crippen LogP) is 1.65. The van der Waals surface area contributed by atoms with Gasteiger partial charge in [-0.1, -0.05) is 6.92 Å². The summed E-state index contributed by atoms with van der Waals surface area (Å²) in [4.78, 5) is 20.0. The van der Waals surface area contributed by atoms with Crippen molar-refractivity contribution in [1.82, 2.24) is 15.3 Å². The van der Waals surface area contributed by atoms with Gasteiger partial charge in [-0.15, -0.1) is 11.3 Å². The number of anilines is 1. The van der Waals surface area contributed by atoms with Crippen molar-refractivity contribution in [2.24, 2.45) is 0 Å². The first-order chi connectivity index (χ1) is 8.68. The third-order valence-electron chi connectivity index (χ3n) is 2.52.